The van der Waals surface area contributed by atoms with Crippen LogP contribution in [-0.2, 0) is 14.3 Å². The molecular formula is C22H40O3. The van der Waals surface area contributed by atoms with E-state index in [9.17, 15) is 9.59 Å². The Labute approximate surface area is 155 Å². The largest absolute Gasteiger partial charge is 0.466 e. The zero-order chi connectivity index (χ0) is 18.3. The van der Waals surface area contributed by atoms with Crippen LogP contribution in [0.1, 0.15) is 110 Å². The Balaban J connectivity index is 2.07. The van der Waals surface area contributed by atoms with E-state index in [-0.39, 0.29) is 17.8 Å². The van der Waals surface area contributed by atoms with Crippen molar-refractivity contribution in [2.45, 2.75) is 110 Å². The van der Waals surface area contributed by atoms with Crippen molar-refractivity contribution in [1.29, 1.82) is 0 Å². The van der Waals surface area contributed by atoms with Crippen molar-refractivity contribution in [2.75, 3.05) is 6.61 Å². The van der Waals surface area contributed by atoms with Crippen LogP contribution in [-0.4, -0.2) is 18.4 Å². The number of rotatable bonds is 15. The highest BCUT2D eigenvalue weighted by Crippen LogP contribution is 2.35. The van der Waals surface area contributed by atoms with Crippen molar-refractivity contribution >= 4 is 11.8 Å². The van der Waals surface area contributed by atoms with E-state index in [1.54, 1.807) is 0 Å². The van der Waals surface area contributed by atoms with Crippen LogP contribution in [0.3, 0.4) is 0 Å². The van der Waals surface area contributed by atoms with Crippen molar-refractivity contribution in [2.24, 2.45) is 11.8 Å². The number of hydrogen-bond acceptors (Lipinski definition) is 3. The summed E-state index contributed by atoms with van der Waals surface area (Å²) < 4.78 is 5.41. The van der Waals surface area contributed by atoms with E-state index < -0.39 is 0 Å². The molecule has 0 aromatic rings. The third kappa shape index (κ3) is 10.0. The molecule has 2 unspecified atom stereocenters. The Morgan fingerprint density at radius 3 is 2.20 bits per heavy atom. The van der Waals surface area contributed by atoms with Gasteiger partial charge in [0.25, 0.3) is 0 Å². The zero-order valence-electron chi connectivity index (χ0n) is 16.7. The molecule has 0 aliphatic heterocycles. The molecular weight excluding hydrogens is 312 g/mol. The minimum Gasteiger partial charge on any atom is -0.466 e. The maximum absolute atomic E-state index is 12.1. The molecule has 0 spiro atoms. The van der Waals surface area contributed by atoms with Crippen LogP contribution in [0.4, 0.5) is 0 Å². The Kier molecular flexibility index (Phi) is 12.7. The van der Waals surface area contributed by atoms with Gasteiger partial charge < -0.3 is 4.74 Å². The van der Waals surface area contributed by atoms with Gasteiger partial charge in [-0.2, -0.15) is 0 Å². The van der Waals surface area contributed by atoms with Gasteiger partial charge in [-0.1, -0.05) is 78.1 Å². The minimum absolute atomic E-state index is 0.0943. The van der Waals surface area contributed by atoms with E-state index in [4.69, 9.17) is 4.74 Å². The monoisotopic (exact) mass is 352 g/mol. The number of hydrogen-bond donors (Lipinski definition) is 0. The summed E-state index contributed by atoms with van der Waals surface area (Å²) in [4.78, 5) is 24.1. The molecule has 0 aromatic carbocycles. The molecule has 1 fully saturated rings. The van der Waals surface area contributed by atoms with Gasteiger partial charge in [-0.15, -0.1) is 0 Å². The van der Waals surface area contributed by atoms with Crippen molar-refractivity contribution in [3.8, 4) is 0 Å². The van der Waals surface area contributed by atoms with Gasteiger partial charge in [0, 0.05) is 18.8 Å². The average molecular weight is 353 g/mol. The molecule has 0 bridgehead atoms. The Bertz CT molecular complexity index is 364. The highest BCUT2D eigenvalue weighted by atomic mass is 16.5. The van der Waals surface area contributed by atoms with Gasteiger partial charge in [0.15, 0.2) is 0 Å². The fraction of sp³-hybridized carbons (Fsp3) is 0.909. The van der Waals surface area contributed by atoms with Crippen molar-refractivity contribution < 1.29 is 14.3 Å². The third-order valence-electron chi connectivity index (χ3n) is 5.55. The Morgan fingerprint density at radius 1 is 0.920 bits per heavy atom. The van der Waals surface area contributed by atoms with Crippen LogP contribution < -0.4 is 0 Å². The molecule has 0 radical (unpaired) electrons. The lowest BCUT2D eigenvalue weighted by atomic mass is 9.88. The number of carbonyl (C=O) groups excluding carboxylic acids is 2. The number of carbonyl (C=O) groups is 2. The minimum atomic E-state index is -0.0943. The summed E-state index contributed by atoms with van der Waals surface area (Å²) in [5, 5.41) is 0. The molecule has 0 heterocycles. The van der Waals surface area contributed by atoms with Crippen LogP contribution in [0.2, 0.25) is 0 Å². The highest BCUT2D eigenvalue weighted by molar-refractivity contribution is 5.84. The van der Waals surface area contributed by atoms with Gasteiger partial charge in [-0.3, -0.25) is 9.59 Å². The smallest absolute Gasteiger partial charge is 0.306 e. The molecule has 3 heteroatoms. The van der Waals surface area contributed by atoms with E-state index in [2.05, 4.69) is 13.8 Å². The van der Waals surface area contributed by atoms with Gasteiger partial charge in [0.05, 0.1) is 6.61 Å². The predicted molar refractivity (Wildman–Crippen MR) is 104 cm³/mol. The van der Waals surface area contributed by atoms with Gasteiger partial charge in [0.2, 0.25) is 0 Å². The van der Waals surface area contributed by atoms with Crippen molar-refractivity contribution in [3.05, 3.63) is 0 Å². The molecule has 1 rings (SSSR count). The lowest BCUT2D eigenvalue weighted by Gasteiger charge is -2.17. The number of unbranched alkanes of at least 4 members (excludes halogenated alkanes) is 9. The predicted octanol–water partition coefficient (Wildman–Crippen LogP) is 6.24. The van der Waals surface area contributed by atoms with Gasteiger partial charge in [-0.05, 0) is 25.2 Å². The zero-order valence-corrected chi connectivity index (χ0v) is 16.7. The first kappa shape index (κ1) is 22.2. The molecule has 25 heavy (non-hydrogen) atoms. The maximum atomic E-state index is 12.1. The number of esters is 1. The van der Waals surface area contributed by atoms with Crippen LogP contribution in [0.15, 0.2) is 0 Å². The summed E-state index contributed by atoms with van der Waals surface area (Å²) >= 11 is 0. The fourth-order valence-corrected chi connectivity index (χ4v) is 3.93. The van der Waals surface area contributed by atoms with Crippen LogP contribution in [0.5, 0.6) is 0 Å². The molecule has 1 aliphatic rings. The topological polar surface area (TPSA) is 43.4 Å². The molecule has 2 atom stereocenters. The van der Waals surface area contributed by atoms with E-state index in [0.29, 0.717) is 25.2 Å². The van der Waals surface area contributed by atoms with Crippen LogP contribution in [0.25, 0.3) is 0 Å². The summed E-state index contributed by atoms with van der Waals surface area (Å²) in [6.07, 6.45) is 16.4. The third-order valence-corrected chi connectivity index (χ3v) is 5.55. The summed E-state index contributed by atoms with van der Waals surface area (Å²) in [6, 6.07) is 0. The number of Topliss-reactive ketones (excluding diaryl/α,β-unsaturated/α-hetero) is 1. The summed E-state index contributed by atoms with van der Waals surface area (Å²) in [5.74, 6) is 0.623. The second-order valence-corrected chi connectivity index (χ2v) is 7.77. The molecule has 0 N–H and O–H groups in total. The standard InChI is InChI=1S/C22H40O3/c1-3-5-7-8-9-10-11-13-17-25-22(24)18-19-15-16-21(23)20(19)14-12-6-4-2/h19-20H,3-18H2,1-2H3. The summed E-state index contributed by atoms with van der Waals surface area (Å²) in [7, 11) is 0. The molecule has 1 saturated carbocycles. The van der Waals surface area contributed by atoms with E-state index >= 15 is 0 Å². The van der Waals surface area contributed by atoms with E-state index in [1.165, 1.54) is 51.4 Å². The normalized spacial score (nSPS) is 20.2. The number of ether oxygens (including phenoxy) is 1. The molecule has 0 saturated heterocycles. The van der Waals surface area contributed by atoms with Crippen molar-refractivity contribution in [1.82, 2.24) is 0 Å². The Hall–Kier alpha value is -0.860. The molecule has 0 amide bonds. The SMILES string of the molecule is CCCCCCCCCCOC(=O)CC1CCC(=O)C1CCCCC. The lowest BCUT2D eigenvalue weighted by Crippen LogP contribution is -2.19. The maximum Gasteiger partial charge on any atom is 0.306 e. The highest BCUT2D eigenvalue weighted by Gasteiger charge is 2.35. The van der Waals surface area contributed by atoms with E-state index in [0.717, 1.165) is 32.1 Å². The average Bonchev–Trinajstić information content (AvgIpc) is 2.94. The molecule has 1 aliphatic carbocycles. The first-order valence-corrected chi connectivity index (χ1v) is 10.9. The molecule has 146 valence electrons. The van der Waals surface area contributed by atoms with Gasteiger partial charge in [-0.25, -0.2) is 0 Å². The van der Waals surface area contributed by atoms with Crippen LogP contribution >= 0.6 is 0 Å². The van der Waals surface area contributed by atoms with Crippen molar-refractivity contribution in [3.63, 3.8) is 0 Å². The summed E-state index contributed by atoms with van der Waals surface area (Å²) in [6.45, 7) is 4.97. The second kappa shape index (κ2) is 14.3. The second-order valence-electron chi connectivity index (χ2n) is 7.77. The summed E-state index contributed by atoms with van der Waals surface area (Å²) in [5.41, 5.74) is 0. The Morgan fingerprint density at radius 2 is 1.52 bits per heavy atom. The van der Waals surface area contributed by atoms with Crippen LogP contribution in [0, 0.1) is 11.8 Å². The molecule has 0 aromatic heterocycles. The first-order chi connectivity index (χ1) is 12.2. The van der Waals surface area contributed by atoms with Gasteiger partial charge >= 0.3 is 5.97 Å². The quantitative estimate of drug-likeness (QED) is 0.259. The number of ketones is 1. The molecule has 3 nitrogen and oxygen atoms in total. The fourth-order valence-electron chi connectivity index (χ4n) is 3.93. The lowest BCUT2D eigenvalue weighted by molar-refractivity contribution is -0.145. The van der Waals surface area contributed by atoms with E-state index in [1.807, 2.05) is 0 Å². The first-order valence-electron chi connectivity index (χ1n) is 10.9. The van der Waals surface area contributed by atoms with Gasteiger partial charge in [0.1, 0.15) is 5.78 Å².